The molecule has 2 atom stereocenters. The van der Waals surface area contributed by atoms with E-state index >= 15 is 0 Å². The van der Waals surface area contributed by atoms with Crippen LogP contribution in [0.5, 0.6) is 0 Å². The SMILES string of the molecule is CC1(C)CCCC(N2CCCC(F)C2)C1. The van der Waals surface area contributed by atoms with Crippen LogP contribution in [0.1, 0.15) is 52.4 Å². The van der Waals surface area contributed by atoms with Crippen molar-refractivity contribution in [1.29, 1.82) is 0 Å². The fourth-order valence-corrected chi connectivity index (χ4v) is 3.25. The molecular formula is C13H24FN. The highest BCUT2D eigenvalue weighted by molar-refractivity contribution is 4.87. The van der Waals surface area contributed by atoms with Crippen molar-refractivity contribution < 1.29 is 4.39 Å². The van der Waals surface area contributed by atoms with E-state index in [0.29, 0.717) is 18.0 Å². The molecule has 2 aliphatic rings. The number of hydrogen-bond donors (Lipinski definition) is 0. The number of halogens is 1. The molecule has 2 rings (SSSR count). The van der Waals surface area contributed by atoms with E-state index in [0.717, 1.165) is 19.4 Å². The smallest absolute Gasteiger partial charge is 0.113 e. The highest BCUT2D eigenvalue weighted by Gasteiger charge is 2.33. The number of alkyl halides is 1. The molecule has 0 aromatic rings. The molecule has 2 fully saturated rings. The molecule has 2 heteroatoms. The van der Waals surface area contributed by atoms with Crippen molar-refractivity contribution in [2.75, 3.05) is 13.1 Å². The second kappa shape index (κ2) is 4.40. The Morgan fingerprint density at radius 1 is 1.20 bits per heavy atom. The average Bonchev–Trinajstić information content (AvgIpc) is 2.16. The van der Waals surface area contributed by atoms with Crippen molar-refractivity contribution in [3.63, 3.8) is 0 Å². The lowest BCUT2D eigenvalue weighted by molar-refractivity contribution is 0.0485. The maximum atomic E-state index is 13.3. The van der Waals surface area contributed by atoms with E-state index in [1.165, 1.54) is 25.7 Å². The Morgan fingerprint density at radius 2 is 2.00 bits per heavy atom. The third kappa shape index (κ3) is 2.93. The van der Waals surface area contributed by atoms with Crippen molar-refractivity contribution >= 4 is 0 Å². The van der Waals surface area contributed by atoms with Crippen molar-refractivity contribution in [3.05, 3.63) is 0 Å². The first-order chi connectivity index (χ1) is 7.07. The van der Waals surface area contributed by atoms with Crippen molar-refractivity contribution in [2.45, 2.75) is 64.6 Å². The summed E-state index contributed by atoms with van der Waals surface area (Å²) >= 11 is 0. The summed E-state index contributed by atoms with van der Waals surface area (Å²) in [5, 5.41) is 0. The van der Waals surface area contributed by atoms with E-state index in [-0.39, 0.29) is 0 Å². The topological polar surface area (TPSA) is 3.24 Å². The highest BCUT2D eigenvalue weighted by atomic mass is 19.1. The Bertz CT molecular complexity index is 215. The first-order valence-corrected chi connectivity index (χ1v) is 6.45. The fraction of sp³-hybridized carbons (Fsp3) is 1.00. The van der Waals surface area contributed by atoms with Gasteiger partial charge in [0.1, 0.15) is 6.17 Å². The monoisotopic (exact) mass is 213 g/mol. The third-order valence-electron chi connectivity index (χ3n) is 4.09. The Hall–Kier alpha value is -0.110. The van der Waals surface area contributed by atoms with Crippen LogP contribution in [0, 0.1) is 5.41 Å². The Kier molecular flexibility index (Phi) is 3.34. The van der Waals surface area contributed by atoms with Crippen molar-refractivity contribution in [1.82, 2.24) is 4.90 Å². The molecule has 0 amide bonds. The van der Waals surface area contributed by atoms with E-state index in [2.05, 4.69) is 18.7 Å². The van der Waals surface area contributed by atoms with Gasteiger partial charge in [-0.15, -0.1) is 0 Å². The van der Waals surface area contributed by atoms with Crippen LogP contribution in [-0.4, -0.2) is 30.2 Å². The summed E-state index contributed by atoms with van der Waals surface area (Å²) in [7, 11) is 0. The fourth-order valence-electron chi connectivity index (χ4n) is 3.25. The summed E-state index contributed by atoms with van der Waals surface area (Å²) < 4.78 is 13.3. The van der Waals surface area contributed by atoms with Gasteiger partial charge < -0.3 is 0 Å². The van der Waals surface area contributed by atoms with Crippen LogP contribution in [-0.2, 0) is 0 Å². The van der Waals surface area contributed by atoms with Crippen LogP contribution < -0.4 is 0 Å². The van der Waals surface area contributed by atoms with E-state index < -0.39 is 6.17 Å². The Labute approximate surface area is 93.0 Å². The zero-order valence-corrected chi connectivity index (χ0v) is 10.1. The van der Waals surface area contributed by atoms with Gasteiger partial charge >= 0.3 is 0 Å². The molecule has 0 bridgehead atoms. The molecule has 1 saturated heterocycles. The molecule has 1 heterocycles. The summed E-state index contributed by atoms with van der Waals surface area (Å²) in [4.78, 5) is 2.41. The van der Waals surface area contributed by atoms with Crippen LogP contribution in [0.4, 0.5) is 4.39 Å². The lowest BCUT2D eigenvalue weighted by Crippen LogP contribution is -2.46. The first kappa shape index (κ1) is 11.4. The molecule has 15 heavy (non-hydrogen) atoms. The zero-order chi connectivity index (χ0) is 10.9. The third-order valence-corrected chi connectivity index (χ3v) is 4.09. The molecular weight excluding hydrogens is 189 g/mol. The van der Waals surface area contributed by atoms with E-state index in [4.69, 9.17) is 0 Å². The van der Waals surface area contributed by atoms with Gasteiger partial charge in [0, 0.05) is 12.6 Å². The lowest BCUT2D eigenvalue weighted by atomic mass is 9.74. The predicted octanol–water partition coefficient (Wildman–Crippen LogP) is 3.39. The molecule has 0 aromatic carbocycles. The minimum absolute atomic E-state index is 0.478. The maximum Gasteiger partial charge on any atom is 0.113 e. The minimum Gasteiger partial charge on any atom is -0.297 e. The van der Waals surface area contributed by atoms with Crippen LogP contribution in [0.3, 0.4) is 0 Å². The van der Waals surface area contributed by atoms with Gasteiger partial charge in [0.2, 0.25) is 0 Å². The van der Waals surface area contributed by atoms with Crippen LogP contribution in [0.15, 0.2) is 0 Å². The second-order valence-corrected chi connectivity index (χ2v) is 6.15. The number of rotatable bonds is 1. The van der Waals surface area contributed by atoms with Crippen LogP contribution in [0.25, 0.3) is 0 Å². The molecule has 2 unspecified atom stereocenters. The van der Waals surface area contributed by atoms with Gasteiger partial charge in [0.15, 0.2) is 0 Å². The summed E-state index contributed by atoms with van der Waals surface area (Å²) in [5.41, 5.74) is 0.478. The molecule has 1 nitrogen and oxygen atoms in total. The summed E-state index contributed by atoms with van der Waals surface area (Å²) in [5.74, 6) is 0. The van der Waals surface area contributed by atoms with E-state index in [1.54, 1.807) is 0 Å². The van der Waals surface area contributed by atoms with Crippen LogP contribution >= 0.6 is 0 Å². The van der Waals surface area contributed by atoms with E-state index in [1.807, 2.05) is 0 Å². The molecule has 0 N–H and O–H groups in total. The number of nitrogens with zero attached hydrogens (tertiary/aromatic N) is 1. The van der Waals surface area contributed by atoms with Gasteiger partial charge in [-0.2, -0.15) is 0 Å². The van der Waals surface area contributed by atoms with Crippen LogP contribution in [0.2, 0.25) is 0 Å². The van der Waals surface area contributed by atoms with Gasteiger partial charge in [-0.1, -0.05) is 20.3 Å². The number of piperidine rings is 1. The van der Waals surface area contributed by atoms with Crippen molar-refractivity contribution in [3.8, 4) is 0 Å². The van der Waals surface area contributed by atoms with Crippen molar-refractivity contribution in [2.24, 2.45) is 5.41 Å². The standard InChI is InChI=1S/C13H24FN/c1-13(2)7-3-6-12(9-13)15-8-4-5-11(14)10-15/h11-12H,3-10H2,1-2H3. The van der Waals surface area contributed by atoms with Gasteiger partial charge in [-0.25, -0.2) is 4.39 Å². The quantitative estimate of drug-likeness (QED) is 0.645. The molecule has 0 radical (unpaired) electrons. The second-order valence-electron chi connectivity index (χ2n) is 6.15. The summed E-state index contributed by atoms with van der Waals surface area (Å²) in [6, 6.07) is 0.660. The normalized spacial score (nSPS) is 37.8. The van der Waals surface area contributed by atoms with Gasteiger partial charge in [-0.05, 0) is 44.1 Å². The highest BCUT2D eigenvalue weighted by Crippen LogP contribution is 2.38. The molecule has 0 aromatic heterocycles. The lowest BCUT2D eigenvalue weighted by Gasteiger charge is -2.43. The maximum absolute atomic E-state index is 13.3. The van der Waals surface area contributed by atoms with Gasteiger partial charge in [0.25, 0.3) is 0 Å². The molecule has 1 saturated carbocycles. The number of likely N-dealkylation sites (tertiary alicyclic amines) is 1. The molecule has 0 spiro atoms. The Balaban J connectivity index is 1.92. The summed E-state index contributed by atoms with van der Waals surface area (Å²) in [6.45, 7) is 6.54. The number of hydrogen-bond acceptors (Lipinski definition) is 1. The largest absolute Gasteiger partial charge is 0.297 e. The van der Waals surface area contributed by atoms with Gasteiger partial charge in [0.05, 0.1) is 0 Å². The first-order valence-electron chi connectivity index (χ1n) is 6.45. The van der Waals surface area contributed by atoms with Gasteiger partial charge in [-0.3, -0.25) is 4.90 Å². The average molecular weight is 213 g/mol. The minimum atomic E-state index is -0.566. The molecule has 1 aliphatic heterocycles. The zero-order valence-electron chi connectivity index (χ0n) is 10.1. The van der Waals surface area contributed by atoms with E-state index in [9.17, 15) is 4.39 Å². The Morgan fingerprint density at radius 3 is 2.67 bits per heavy atom. The molecule has 1 aliphatic carbocycles. The predicted molar refractivity (Wildman–Crippen MR) is 61.7 cm³/mol. The molecule has 88 valence electrons. The summed E-state index contributed by atoms with van der Waals surface area (Å²) in [6.07, 6.45) is 6.49.